The van der Waals surface area contributed by atoms with E-state index >= 15 is 0 Å². The standard InChI is InChI=1S/C20H23ClN4O2S/c1-2-6-15-11-18(26)25-19(22-15)28-20(23-25)24-10-5-7-14(12-24)13-27-17-9-4-3-8-16(17)21/h3-4,8-9,11,14H,2,5-7,10,12-13H2,1H3. The molecular formula is C20H23ClN4O2S. The highest BCUT2D eigenvalue weighted by molar-refractivity contribution is 7.20. The van der Waals surface area contributed by atoms with Gasteiger partial charge < -0.3 is 9.64 Å². The second-order valence-electron chi connectivity index (χ2n) is 7.11. The SMILES string of the molecule is CCCc1cc(=O)n2nc(N3CCCC(COc4ccccc4Cl)C3)sc2n1. The van der Waals surface area contributed by atoms with E-state index in [9.17, 15) is 4.79 Å². The molecule has 8 heteroatoms. The monoisotopic (exact) mass is 418 g/mol. The summed E-state index contributed by atoms with van der Waals surface area (Å²) in [6.45, 7) is 4.48. The zero-order valence-corrected chi connectivity index (χ0v) is 17.4. The summed E-state index contributed by atoms with van der Waals surface area (Å²) in [5, 5.41) is 6.01. The van der Waals surface area contributed by atoms with Gasteiger partial charge in [0, 0.05) is 30.8 Å². The molecule has 148 valence electrons. The molecule has 3 aromatic rings. The molecule has 3 heterocycles. The first kappa shape index (κ1) is 19.2. The van der Waals surface area contributed by atoms with Crippen molar-refractivity contribution in [1.82, 2.24) is 14.6 Å². The molecule has 1 atom stereocenters. The Balaban J connectivity index is 1.47. The molecule has 0 bridgehead atoms. The van der Waals surface area contributed by atoms with Gasteiger partial charge in [-0.3, -0.25) is 4.79 Å². The van der Waals surface area contributed by atoms with Crippen molar-refractivity contribution < 1.29 is 4.74 Å². The van der Waals surface area contributed by atoms with Crippen LogP contribution in [0.4, 0.5) is 5.13 Å². The largest absolute Gasteiger partial charge is 0.492 e. The quantitative estimate of drug-likeness (QED) is 0.604. The van der Waals surface area contributed by atoms with Crippen molar-refractivity contribution in [2.75, 3.05) is 24.6 Å². The van der Waals surface area contributed by atoms with Crippen LogP contribution in [-0.4, -0.2) is 34.3 Å². The number of para-hydroxylation sites is 1. The van der Waals surface area contributed by atoms with E-state index in [0.717, 1.165) is 55.3 Å². The molecule has 1 saturated heterocycles. The van der Waals surface area contributed by atoms with Crippen molar-refractivity contribution in [1.29, 1.82) is 0 Å². The molecule has 0 radical (unpaired) electrons. The number of piperidine rings is 1. The minimum absolute atomic E-state index is 0.105. The van der Waals surface area contributed by atoms with Gasteiger partial charge in [0.1, 0.15) is 5.75 Å². The number of aryl methyl sites for hydroxylation is 1. The van der Waals surface area contributed by atoms with Crippen molar-refractivity contribution in [3.05, 3.63) is 51.4 Å². The number of hydrogen-bond donors (Lipinski definition) is 0. The molecule has 0 amide bonds. The van der Waals surface area contributed by atoms with Gasteiger partial charge in [-0.1, -0.05) is 48.4 Å². The molecule has 1 aliphatic heterocycles. The Morgan fingerprint density at radius 2 is 2.21 bits per heavy atom. The fourth-order valence-corrected chi connectivity index (χ4v) is 4.65. The Morgan fingerprint density at radius 1 is 1.36 bits per heavy atom. The maximum atomic E-state index is 12.3. The van der Waals surface area contributed by atoms with Gasteiger partial charge in [-0.15, -0.1) is 5.10 Å². The van der Waals surface area contributed by atoms with Crippen LogP contribution in [0.5, 0.6) is 5.75 Å². The Labute approximate surface area is 172 Å². The lowest BCUT2D eigenvalue weighted by atomic mass is 9.99. The zero-order chi connectivity index (χ0) is 19.5. The average Bonchev–Trinajstić information content (AvgIpc) is 3.13. The van der Waals surface area contributed by atoms with E-state index in [0.29, 0.717) is 22.5 Å². The molecule has 0 N–H and O–H groups in total. The van der Waals surface area contributed by atoms with Gasteiger partial charge in [0.05, 0.1) is 11.6 Å². The highest BCUT2D eigenvalue weighted by Crippen LogP contribution is 2.29. The first-order valence-corrected chi connectivity index (χ1v) is 10.9. The predicted octanol–water partition coefficient (Wildman–Crippen LogP) is 4.05. The summed E-state index contributed by atoms with van der Waals surface area (Å²) in [4.78, 5) is 19.8. The van der Waals surface area contributed by atoms with Gasteiger partial charge in [-0.25, -0.2) is 4.98 Å². The summed E-state index contributed by atoms with van der Waals surface area (Å²) >= 11 is 7.66. The summed E-state index contributed by atoms with van der Waals surface area (Å²) < 4.78 is 7.36. The molecule has 0 spiro atoms. The number of hydrogen-bond acceptors (Lipinski definition) is 6. The van der Waals surface area contributed by atoms with Crippen LogP contribution in [-0.2, 0) is 6.42 Å². The number of anilines is 1. The van der Waals surface area contributed by atoms with Crippen LogP contribution in [0.3, 0.4) is 0 Å². The first-order valence-electron chi connectivity index (χ1n) is 9.66. The molecular weight excluding hydrogens is 396 g/mol. The third-order valence-electron chi connectivity index (χ3n) is 4.89. The highest BCUT2D eigenvalue weighted by atomic mass is 35.5. The van der Waals surface area contributed by atoms with Gasteiger partial charge in [-0.05, 0) is 31.4 Å². The first-order chi connectivity index (χ1) is 13.6. The number of benzene rings is 1. The molecule has 28 heavy (non-hydrogen) atoms. The van der Waals surface area contributed by atoms with E-state index in [1.54, 1.807) is 6.07 Å². The van der Waals surface area contributed by atoms with E-state index in [2.05, 4.69) is 21.9 Å². The number of aromatic nitrogens is 3. The second-order valence-corrected chi connectivity index (χ2v) is 8.45. The Hall–Kier alpha value is -2.12. The average molecular weight is 419 g/mol. The maximum absolute atomic E-state index is 12.3. The molecule has 4 rings (SSSR count). The van der Waals surface area contributed by atoms with Crippen LogP contribution in [0.2, 0.25) is 5.02 Å². The Bertz CT molecular complexity index is 1020. The molecule has 0 saturated carbocycles. The van der Waals surface area contributed by atoms with E-state index in [4.69, 9.17) is 16.3 Å². The van der Waals surface area contributed by atoms with Crippen LogP contribution < -0.4 is 15.2 Å². The normalized spacial score (nSPS) is 17.2. The lowest BCUT2D eigenvalue weighted by Gasteiger charge is -2.32. The number of nitrogens with zero attached hydrogens (tertiary/aromatic N) is 4. The molecule has 1 aromatic carbocycles. The van der Waals surface area contributed by atoms with Crippen molar-refractivity contribution in [2.45, 2.75) is 32.6 Å². The third-order valence-corrected chi connectivity index (χ3v) is 6.18. The van der Waals surface area contributed by atoms with E-state index < -0.39 is 0 Å². The highest BCUT2D eigenvalue weighted by Gasteiger charge is 2.24. The van der Waals surface area contributed by atoms with Gasteiger partial charge in [0.15, 0.2) is 0 Å². The molecule has 1 unspecified atom stereocenters. The second kappa shape index (κ2) is 8.49. The number of halogens is 1. The van der Waals surface area contributed by atoms with E-state index in [-0.39, 0.29) is 5.56 Å². The van der Waals surface area contributed by atoms with Crippen molar-refractivity contribution >= 4 is 33.0 Å². The lowest BCUT2D eigenvalue weighted by Crippen LogP contribution is -2.37. The molecule has 1 aliphatic rings. The summed E-state index contributed by atoms with van der Waals surface area (Å²) in [7, 11) is 0. The van der Waals surface area contributed by atoms with Crippen molar-refractivity contribution in [3.8, 4) is 5.75 Å². The lowest BCUT2D eigenvalue weighted by molar-refractivity contribution is 0.229. The molecule has 2 aromatic heterocycles. The van der Waals surface area contributed by atoms with Crippen LogP contribution in [0.25, 0.3) is 4.96 Å². The molecule has 6 nitrogen and oxygen atoms in total. The summed E-state index contributed by atoms with van der Waals surface area (Å²) in [6, 6.07) is 9.14. The fraction of sp³-hybridized carbons (Fsp3) is 0.450. The summed E-state index contributed by atoms with van der Waals surface area (Å²) in [5.41, 5.74) is 0.735. The molecule has 0 aliphatic carbocycles. The minimum atomic E-state index is -0.105. The van der Waals surface area contributed by atoms with Crippen molar-refractivity contribution in [3.63, 3.8) is 0 Å². The van der Waals surface area contributed by atoms with Crippen LogP contribution in [0, 0.1) is 5.92 Å². The minimum Gasteiger partial charge on any atom is -0.492 e. The fourth-order valence-electron chi connectivity index (χ4n) is 3.50. The number of ether oxygens (including phenoxy) is 1. The van der Waals surface area contributed by atoms with Gasteiger partial charge in [-0.2, -0.15) is 4.52 Å². The van der Waals surface area contributed by atoms with E-state index in [1.807, 2.05) is 24.3 Å². The third kappa shape index (κ3) is 4.15. The summed E-state index contributed by atoms with van der Waals surface area (Å²) in [6.07, 6.45) is 3.94. The Morgan fingerprint density at radius 3 is 3.04 bits per heavy atom. The molecule has 1 fully saturated rings. The number of fused-ring (bicyclic) bond motifs is 1. The van der Waals surface area contributed by atoms with Gasteiger partial charge in [0.2, 0.25) is 10.1 Å². The predicted molar refractivity (Wildman–Crippen MR) is 113 cm³/mol. The van der Waals surface area contributed by atoms with Gasteiger partial charge in [0.25, 0.3) is 5.56 Å². The number of rotatable bonds is 6. The van der Waals surface area contributed by atoms with Crippen LogP contribution in [0.1, 0.15) is 31.9 Å². The smallest absolute Gasteiger partial charge is 0.275 e. The van der Waals surface area contributed by atoms with Crippen LogP contribution >= 0.6 is 22.9 Å². The summed E-state index contributed by atoms with van der Waals surface area (Å²) in [5.74, 6) is 1.11. The zero-order valence-electron chi connectivity index (χ0n) is 15.8. The van der Waals surface area contributed by atoms with E-state index in [1.165, 1.54) is 15.9 Å². The Kier molecular flexibility index (Phi) is 5.82. The van der Waals surface area contributed by atoms with Crippen LogP contribution in [0.15, 0.2) is 35.1 Å². The van der Waals surface area contributed by atoms with Gasteiger partial charge >= 0.3 is 0 Å². The maximum Gasteiger partial charge on any atom is 0.275 e. The topological polar surface area (TPSA) is 59.7 Å². The van der Waals surface area contributed by atoms with Crippen molar-refractivity contribution in [2.24, 2.45) is 5.92 Å².